The van der Waals surface area contributed by atoms with E-state index < -0.39 is 0 Å². The lowest BCUT2D eigenvalue weighted by Gasteiger charge is -2.10. The maximum Gasteiger partial charge on any atom is 0.223 e. The van der Waals surface area contributed by atoms with Crippen molar-refractivity contribution in [2.24, 2.45) is 0 Å². The van der Waals surface area contributed by atoms with Crippen molar-refractivity contribution >= 4 is 44.1 Å². The van der Waals surface area contributed by atoms with E-state index in [1.54, 1.807) is 6.92 Å². The van der Waals surface area contributed by atoms with E-state index in [9.17, 15) is 9.59 Å². The summed E-state index contributed by atoms with van der Waals surface area (Å²) in [5.74, 6) is 0.00400. The summed E-state index contributed by atoms with van der Waals surface area (Å²) >= 11 is 4.64. The molecule has 2 rings (SSSR count). The Balaban J connectivity index is 2.10. The highest BCUT2D eigenvalue weighted by atomic mass is 79.9. The standard InChI is InChI=1S/C16H17BrN2O2S/c1-9(12-4-6-13(17)7-5-12)8-14(21)15-10(2)18-16(22-15)19-11(3)20/h4-7,9H,8H2,1-3H3,(H,18,19,20)/t9-/m1/s1. The van der Waals surface area contributed by atoms with Crippen molar-refractivity contribution in [1.82, 2.24) is 4.98 Å². The number of Topliss-reactive ketones (excluding diaryl/α,β-unsaturated/α-hetero) is 1. The zero-order chi connectivity index (χ0) is 16.3. The highest BCUT2D eigenvalue weighted by molar-refractivity contribution is 9.10. The number of nitrogens with one attached hydrogen (secondary N) is 1. The minimum absolute atomic E-state index is 0.0574. The lowest BCUT2D eigenvalue weighted by molar-refractivity contribution is -0.114. The third-order valence-corrected chi connectivity index (χ3v) is 4.91. The van der Waals surface area contributed by atoms with Crippen molar-refractivity contribution in [3.05, 3.63) is 44.9 Å². The van der Waals surface area contributed by atoms with E-state index in [-0.39, 0.29) is 17.6 Å². The minimum Gasteiger partial charge on any atom is -0.302 e. The Hall–Kier alpha value is -1.53. The van der Waals surface area contributed by atoms with Crippen LogP contribution in [0.25, 0.3) is 0 Å². The van der Waals surface area contributed by atoms with Gasteiger partial charge < -0.3 is 5.32 Å². The SMILES string of the molecule is CC(=O)Nc1nc(C)c(C(=O)C[C@@H](C)c2ccc(Br)cc2)s1. The Morgan fingerprint density at radius 2 is 1.95 bits per heavy atom. The fraction of sp³-hybridized carbons (Fsp3) is 0.312. The van der Waals surface area contributed by atoms with Gasteiger partial charge >= 0.3 is 0 Å². The van der Waals surface area contributed by atoms with E-state index in [1.807, 2.05) is 31.2 Å². The molecular formula is C16H17BrN2O2S. The summed E-state index contributed by atoms with van der Waals surface area (Å²) in [4.78, 5) is 28.4. The van der Waals surface area contributed by atoms with Crippen LogP contribution < -0.4 is 5.32 Å². The van der Waals surface area contributed by atoms with Gasteiger partial charge in [0.2, 0.25) is 5.91 Å². The molecule has 1 amide bonds. The Labute approximate surface area is 142 Å². The van der Waals surface area contributed by atoms with Crippen LogP contribution in [0.15, 0.2) is 28.7 Å². The Morgan fingerprint density at radius 3 is 2.55 bits per heavy atom. The smallest absolute Gasteiger partial charge is 0.223 e. The van der Waals surface area contributed by atoms with E-state index in [0.29, 0.717) is 22.1 Å². The molecule has 1 aromatic heterocycles. The predicted octanol–water partition coefficient (Wildman–Crippen LogP) is 4.55. The Bertz CT molecular complexity index is 695. The van der Waals surface area contributed by atoms with Crippen molar-refractivity contribution in [1.29, 1.82) is 0 Å². The van der Waals surface area contributed by atoms with Gasteiger partial charge in [-0.2, -0.15) is 0 Å². The first-order chi connectivity index (χ1) is 10.4. The van der Waals surface area contributed by atoms with Gasteiger partial charge in [0.15, 0.2) is 10.9 Å². The molecule has 22 heavy (non-hydrogen) atoms. The number of hydrogen-bond acceptors (Lipinski definition) is 4. The predicted molar refractivity (Wildman–Crippen MR) is 92.7 cm³/mol. The fourth-order valence-corrected chi connectivity index (χ4v) is 3.36. The number of halogens is 1. The summed E-state index contributed by atoms with van der Waals surface area (Å²) < 4.78 is 1.02. The first kappa shape index (κ1) is 16.8. The number of aryl methyl sites for hydroxylation is 1. The zero-order valence-electron chi connectivity index (χ0n) is 12.6. The van der Waals surface area contributed by atoms with E-state index in [0.717, 1.165) is 10.0 Å². The molecule has 0 fully saturated rings. The normalized spacial score (nSPS) is 12.0. The average molecular weight is 381 g/mol. The summed E-state index contributed by atoms with van der Waals surface area (Å²) in [7, 11) is 0. The molecule has 0 radical (unpaired) electrons. The Morgan fingerprint density at radius 1 is 1.32 bits per heavy atom. The van der Waals surface area contributed by atoms with E-state index in [4.69, 9.17) is 0 Å². The highest BCUT2D eigenvalue weighted by Gasteiger charge is 2.19. The third kappa shape index (κ3) is 4.24. The molecule has 0 saturated heterocycles. The van der Waals surface area contributed by atoms with Crippen LogP contribution in [-0.2, 0) is 4.79 Å². The number of aromatic nitrogens is 1. The summed E-state index contributed by atoms with van der Waals surface area (Å²) in [5.41, 5.74) is 1.79. The van der Waals surface area contributed by atoms with Gasteiger partial charge in [0.25, 0.3) is 0 Å². The van der Waals surface area contributed by atoms with Gasteiger partial charge in [0.05, 0.1) is 10.6 Å². The van der Waals surface area contributed by atoms with Gasteiger partial charge in [-0.3, -0.25) is 9.59 Å². The van der Waals surface area contributed by atoms with Crippen LogP contribution in [0.4, 0.5) is 5.13 Å². The van der Waals surface area contributed by atoms with Crippen molar-refractivity contribution in [2.45, 2.75) is 33.1 Å². The monoisotopic (exact) mass is 380 g/mol. The largest absolute Gasteiger partial charge is 0.302 e. The number of amides is 1. The van der Waals surface area contributed by atoms with Crippen LogP contribution in [0.2, 0.25) is 0 Å². The molecule has 0 aliphatic carbocycles. The van der Waals surface area contributed by atoms with Gasteiger partial charge in [-0.1, -0.05) is 46.3 Å². The van der Waals surface area contributed by atoms with Gasteiger partial charge in [-0.05, 0) is 30.5 Å². The Kier molecular flexibility index (Phi) is 5.47. The highest BCUT2D eigenvalue weighted by Crippen LogP contribution is 2.28. The summed E-state index contributed by atoms with van der Waals surface area (Å²) in [6.45, 7) is 5.25. The molecule has 116 valence electrons. The molecule has 0 aliphatic heterocycles. The number of carbonyl (C=O) groups excluding carboxylic acids is 2. The molecular weight excluding hydrogens is 364 g/mol. The molecule has 0 bridgehead atoms. The lowest BCUT2D eigenvalue weighted by atomic mass is 9.95. The molecule has 0 saturated carbocycles. The molecule has 0 spiro atoms. The average Bonchev–Trinajstić information content (AvgIpc) is 2.79. The van der Waals surface area contributed by atoms with E-state index in [1.165, 1.54) is 18.3 Å². The van der Waals surface area contributed by atoms with Gasteiger partial charge in [0, 0.05) is 17.8 Å². The second-order valence-electron chi connectivity index (χ2n) is 5.19. The molecule has 2 aromatic rings. The third-order valence-electron chi connectivity index (χ3n) is 3.26. The second kappa shape index (κ2) is 7.15. The summed E-state index contributed by atoms with van der Waals surface area (Å²) in [5, 5.41) is 3.10. The van der Waals surface area contributed by atoms with Gasteiger partial charge in [0.1, 0.15) is 0 Å². The molecule has 4 nitrogen and oxygen atoms in total. The van der Waals surface area contributed by atoms with Crippen LogP contribution in [0.1, 0.15) is 47.1 Å². The topological polar surface area (TPSA) is 59.1 Å². The van der Waals surface area contributed by atoms with Crippen molar-refractivity contribution < 1.29 is 9.59 Å². The molecule has 1 aromatic carbocycles. The maximum absolute atomic E-state index is 12.5. The number of ketones is 1. The van der Waals surface area contributed by atoms with Crippen molar-refractivity contribution in [3.63, 3.8) is 0 Å². The first-order valence-electron chi connectivity index (χ1n) is 6.90. The lowest BCUT2D eigenvalue weighted by Crippen LogP contribution is -2.05. The molecule has 1 N–H and O–H groups in total. The summed E-state index contributed by atoms with van der Waals surface area (Å²) in [6.07, 6.45) is 0.421. The van der Waals surface area contributed by atoms with Gasteiger partial charge in [-0.25, -0.2) is 4.98 Å². The minimum atomic E-state index is -0.184. The molecule has 6 heteroatoms. The van der Waals surface area contributed by atoms with Crippen LogP contribution in [0.5, 0.6) is 0 Å². The fourth-order valence-electron chi connectivity index (χ4n) is 2.14. The number of anilines is 1. The number of rotatable bonds is 5. The number of nitrogens with zero attached hydrogens (tertiary/aromatic N) is 1. The summed E-state index contributed by atoms with van der Waals surface area (Å²) in [6, 6.07) is 7.99. The number of hydrogen-bond donors (Lipinski definition) is 1. The van der Waals surface area contributed by atoms with E-state index >= 15 is 0 Å². The van der Waals surface area contributed by atoms with Crippen molar-refractivity contribution in [2.75, 3.05) is 5.32 Å². The molecule has 0 unspecified atom stereocenters. The number of thiazole rings is 1. The van der Waals surface area contributed by atoms with Crippen LogP contribution in [0.3, 0.4) is 0 Å². The second-order valence-corrected chi connectivity index (χ2v) is 7.11. The van der Waals surface area contributed by atoms with Crippen LogP contribution in [-0.4, -0.2) is 16.7 Å². The number of carbonyl (C=O) groups is 2. The molecule has 0 aliphatic rings. The molecule has 1 atom stereocenters. The van der Waals surface area contributed by atoms with Crippen molar-refractivity contribution in [3.8, 4) is 0 Å². The first-order valence-corrected chi connectivity index (χ1v) is 8.51. The quantitative estimate of drug-likeness (QED) is 0.773. The van der Waals surface area contributed by atoms with E-state index in [2.05, 4.69) is 26.2 Å². The molecule has 1 heterocycles. The van der Waals surface area contributed by atoms with Crippen LogP contribution in [0, 0.1) is 6.92 Å². The van der Waals surface area contributed by atoms with Gasteiger partial charge in [-0.15, -0.1) is 0 Å². The maximum atomic E-state index is 12.5. The zero-order valence-corrected chi connectivity index (χ0v) is 15.0. The number of benzene rings is 1. The van der Waals surface area contributed by atoms with Crippen LogP contribution >= 0.6 is 27.3 Å².